The highest BCUT2D eigenvalue weighted by Crippen LogP contribution is 2.18. The molecule has 2 heterocycles. The van der Waals surface area contributed by atoms with E-state index in [4.69, 9.17) is 9.15 Å². The molecule has 0 bridgehead atoms. The Hall–Kier alpha value is -1.81. The fraction of sp³-hybridized carbons (Fsp3) is 0.400. The van der Waals surface area contributed by atoms with E-state index in [-0.39, 0.29) is 0 Å². The number of pyridine rings is 1. The number of ether oxygens (including phenoxy) is 1. The Kier molecular flexibility index (Phi) is 4.98. The van der Waals surface area contributed by atoms with Crippen LogP contribution >= 0.6 is 0 Å². The maximum absolute atomic E-state index is 5.74. The van der Waals surface area contributed by atoms with Gasteiger partial charge < -0.3 is 14.5 Å². The maximum Gasteiger partial charge on any atom is 0.146 e. The van der Waals surface area contributed by atoms with E-state index in [9.17, 15) is 0 Å². The van der Waals surface area contributed by atoms with Crippen molar-refractivity contribution in [2.75, 3.05) is 6.54 Å². The Morgan fingerprint density at radius 3 is 3.05 bits per heavy atom. The van der Waals surface area contributed by atoms with E-state index in [0.29, 0.717) is 6.61 Å². The summed E-state index contributed by atoms with van der Waals surface area (Å²) in [6.07, 6.45) is 4.59. The zero-order chi connectivity index (χ0) is 13.5. The Morgan fingerprint density at radius 1 is 1.37 bits per heavy atom. The van der Waals surface area contributed by atoms with E-state index in [2.05, 4.69) is 17.2 Å². The molecule has 4 nitrogen and oxygen atoms in total. The van der Waals surface area contributed by atoms with E-state index in [0.717, 1.165) is 42.3 Å². The number of aryl methyl sites for hydroxylation is 1. The smallest absolute Gasteiger partial charge is 0.146 e. The first kappa shape index (κ1) is 13.6. The van der Waals surface area contributed by atoms with Gasteiger partial charge in [-0.1, -0.05) is 6.92 Å². The number of aromatic nitrogens is 1. The highest BCUT2D eigenvalue weighted by Gasteiger charge is 2.08. The number of hydrogen-bond acceptors (Lipinski definition) is 4. The Morgan fingerprint density at radius 2 is 2.26 bits per heavy atom. The zero-order valence-electron chi connectivity index (χ0n) is 11.5. The quantitative estimate of drug-likeness (QED) is 0.777. The van der Waals surface area contributed by atoms with Gasteiger partial charge in [-0.2, -0.15) is 0 Å². The van der Waals surface area contributed by atoms with Crippen LogP contribution in [0.1, 0.15) is 30.4 Å². The number of rotatable bonds is 7. The van der Waals surface area contributed by atoms with Crippen molar-refractivity contribution < 1.29 is 9.15 Å². The van der Waals surface area contributed by atoms with Crippen LogP contribution in [0.3, 0.4) is 0 Å². The lowest BCUT2D eigenvalue weighted by molar-refractivity contribution is 0.265. The van der Waals surface area contributed by atoms with Gasteiger partial charge >= 0.3 is 0 Å². The maximum atomic E-state index is 5.74. The molecule has 0 aromatic carbocycles. The van der Waals surface area contributed by atoms with Crippen LogP contribution in [0, 0.1) is 6.92 Å². The molecule has 19 heavy (non-hydrogen) atoms. The third-order valence-corrected chi connectivity index (χ3v) is 2.90. The summed E-state index contributed by atoms with van der Waals surface area (Å²) in [7, 11) is 0. The Balaban J connectivity index is 1.93. The normalized spacial score (nSPS) is 10.6. The molecule has 0 amide bonds. The SMILES string of the molecule is CCCNCc1ccoc1COc1cccnc1C. The fourth-order valence-corrected chi connectivity index (χ4v) is 1.82. The lowest BCUT2D eigenvalue weighted by Gasteiger charge is -2.08. The lowest BCUT2D eigenvalue weighted by Crippen LogP contribution is -2.14. The standard InChI is InChI=1S/C15H20N2O2/c1-3-7-16-10-13-6-9-18-15(13)11-19-14-5-4-8-17-12(14)2/h4-6,8-9,16H,3,7,10-11H2,1-2H3. The lowest BCUT2D eigenvalue weighted by atomic mass is 10.2. The number of nitrogens with one attached hydrogen (secondary N) is 1. The van der Waals surface area contributed by atoms with Crippen molar-refractivity contribution in [1.82, 2.24) is 10.3 Å². The second-order valence-corrected chi connectivity index (χ2v) is 4.42. The molecule has 0 atom stereocenters. The van der Waals surface area contributed by atoms with Crippen molar-refractivity contribution >= 4 is 0 Å². The summed E-state index contributed by atoms with van der Waals surface area (Å²) in [5.74, 6) is 1.67. The van der Waals surface area contributed by atoms with Crippen molar-refractivity contribution in [3.63, 3.8) is 0 Å². The average Bonchev–Trinajstić information content (AvgIpc) is 2.86. The number of hydrogen-bond donors (Lipinski definition) is 1. The zero-order valence-corrected chi connectivity index (χ0v) is 11.5. The minimum atomic E-state index is 0.433. The molecule has 0 aliphatic carbocycles. The monoisotopic (exact) mass is 260 g/mol. The van der Waals surface area contributed by atoms with E-state index >= 15 is 0 Å². The van der Waals surface area contributed by atoms with Gasteiger partial charge in [0.2, 0.25) is 0 Å². The van der Waals surface area contributed by atoms with Crippen LogP contribution in [-0.2, 0) is 13.2 Å². The van der Waals surface area contributed by atoms with Crippen LogP contribution in [0.15, 0.2) is 35.1 Å². The summed E-state index contributed by atoms with van der Waals surface area (Å²) in [5.41, 5.74) is 2.04. The van der Waals surface area contributed by atoms with Gasteiger partial charge in [-0.3, -0.25) is 4.98 Å². The summed E-state index contributed by atoms with van der Waals surface area (Å²) in [6, 6.07) is 5.77. The second kappa shape index (κ2) is 6.95. The highest BCUT2D eigenvalue weighted by molar-refractivity contribution is 5.26. The van der Waals surface area contributed by atoms with E-state index in [1.165, 1.54) is 0 Å². The number of furan rings is 1. The predicted octanol–water partition coefficient (Wildman–Crippen LogP) is 3.06. The second-order valence-electron chi connectivity index (χ2n) is 4.42. The molecule has 0 fully saturated rings. The molecule has 0 radical (unpaired) electrons. The molecular weight excluding hydrogens is 240 g/mol. The van der Waals surface area contributed by atoms with Crippen LogP contribution in [0.4, 0.5) is 0 Å². The Labute approximate surface area is 113 Å². The molecule has 0 saturated carbocycles. The summed E-state index contributed by atoms with van der Waals surface area (Å²) < 4.78 is 11.2. The van der Waals surface area contributed by atoms with E-state index in [1.54, 1.807) is 12.5 Å². The third kappa shape index (κ3) is 3.83. The van der Waals surface area contributed by atoms with Crippen molar-refractivity contribution in [3.8, 4) is 5.75 Å². The van der Waals surface area contributed by atoms with Gasteiger partial charge in [0, 0.05) is 18.3 Å². The topological polar surface area (TPSA) is 47.3 Å². The van der Waals surface area contributed by atoms with E-state index < -0.39 is 0 Å². The van der Waals surface area contributed by atoms with E-state index in [1.807, 2.05) is 25.1 Å². The minimum Gasteiger partial charge on any atom is -0.484 e. The van der Waals surface area contributed by atoms with Crippen molar-refractivity contribution in [2.45, 2.75) is 33.4 Å². The van der Waals surface area contributed by atoms with Gasteiger partial charge in [-0.25, -0.2) is 0 Å². The van der Waals surface area contributed by atoms with Crippen LogP contribution in [0.5, 0.6) is 5.75 Å². The molecule has 2 aromatic rings. The van der Waals surface area contributed by atoms with Crippen LogP contribution < -0.4 is 10.1 Å². The molecule has 0 spiro atoms. The average molecular weight is 260 g/mol. The van der Waals surface area contributed by atoms with Crippen LogP contribution in [0.25, 0.3) is 0 Å². The molecule has 4 heteroatoms. The minimum absolute atomic E-state index is 0.433. The molecule has 0 unspecified atom stereocenters. The molecule has 2 aromatic heterocycles. The van der Waals surface area contributed by atoms with Gasteiger partial charge in [-0.15, -0.1) is 0 Å². The first-order valence-corrected chi connectivity index (χ1v) is 6.61. The first-order chi connectivity index (χ1) is 9.31. The van der Waals surface area contributed by atoms with Crippen LogP contribution in [0.2, 0.25) is 0 Å². The van der Waals surface area contributed by atoms with Gasteiger partial charge in [0.25, 0.3) is 0 Å². The molecule has 102 valence electrons. The molecule has 0 aliphatic rings. The summed E-state index contributed by atoms with van der Waals surface area (Å²) >= 11 is 0. The van der Waals surface area contributed by atoms with Crippen molar-refractivity contribution in [3.05, 3.63) is 47.7 Å². The molecule has 2 rings (SSSR count). The highest BCUT2D eigenvalue weighted by atomic mass is 16.5. The molecule has 1 N–H and O–H groups in total. The van der Waals surface area contributed by atoms with Gasteiger partial charge in [0.05, 0.1) is 12.0 Å². The molecule has 0 aliphatic heterocycles. The molecule has 0 saturated heterocycles. The number of nitrogens with zero attached hydrogens (tertiary/aromatic N) is 1. The van der Waals surface area contributed by atoms with Gasteiger partial charge in [0.1, 0.15) is 18.1 Å². The third-order valence-electron chi connectivity index (χ3n) is 2.90. The van der Waals surface area contributed by atoms with Gasteiger partial charge in [-0.05, 0) is 38.1 Å². The molecular formula is C15H20N2O2. The largest absolute Gasteiger partial charge is 0.484 e. The van der Waals surface area contributed by atoms with Gasteiger partial charge in [0.15, 0.2) is 0 Å². The predicted molar refractivity (Wildman–Crippen MR) is 74.0 cm³/mol. The summed E-state index contributed by atoms with van der Waals surface area (Å²) in [4.78, 5) is 4.19. The Bertz CT molecular complexity index is 508. The summed E-state index contributed by atoms with van der Waals surface area (Å²) in [6.45, 7) is 6.34. The summed E-state index contributed by atoms with van der Waals surface area (Å²) in [5, 5.41) is 3.36. The first-order valence-electron chi connectivity index (χ1n) is 6.61. The fourth-order valence-electron chi connectivity index (χ4n) is 1.82. The van der Waals surface area contributed by atoms with Crippen molar-refractivity contribution in [1.29, 1.82) is 0 Å². The van der Waals surface area contributed by atoms with Crippen LogP contribution in [-0.4, -0.2) is 11.5 Å². The van der Waals surface area contributed by atoms with Crippen molar-refractivity contribution in [2.24, 2.45) is 0 Å².